The molecule has 0 aliphatic carbocycles. The molecule has 4 heteroatoms. The van der Waals surface area contributed by atoms with Crippen molar-refractivity contribution in [1.82, 2.24) is 10.6 Å². The average Bonchev–Trinajstić information content (AvgIpc) is 2.03. The van der Waals surface area contributed by atoms with E-state index in [1.165, 1.54) is 0 Å². The second kappa shape index (κ2) is 2.11. The first-order chi connectivity index (χ1) is 4.91. The summed E-state index contributed by atoms with van der Waals surface area (Å²) in [5.74, 6) is 0. The second-order valence-electron chi connectivity index (χ2n) is 3.44. The number of amides is 2. The van der Waals surface area contributed by atoms with E-state index in [-0.39, 0.29) is 11.6 Å². The molecule has 1 aliphatic heterocycles. The Morgan fingerprint density at radius 1 is 1.27 bits per heavy atom. The summed E-state index contributed by atoms with van der Waals surface area (Å²) in [6, 6.07) is -0.181. The molecule has 0 saturated carbocycles. The first-order valence-electron chi connectivity index (χ1n) is 3.57. The molecule has 4 nitrogen and oxygen atoms in total. The number of nitrogens with one attached hydrogen (secondary N) is 2. The predicted molar refractivity (Wildman–Crippen MR) is 41.2 cm³/mol. The summed E-state index contributed by atoms with van der Waals surface area (Å²) in [6.07, 6.45) is 0. The van der Waals surface area contributed by atoms with Gasteiger partial charge in [-0.25, -0.2) is 4.79 Å². The molecule has 1 saturated heterocycles. The van der Waals surface area contributed by atoms with Crippen LogP contribution in [0, 0.1) is 0 Å². The van der Waals surface area contributed by atoms with Crippen molar-refractivity contribution in [3.05, 3.63) is 0 Å². The summed E-state index contributed by atoms with van der Waals surface area (Å²) in [7, 11) is 1.58. The molecule has 0 bridgehead atoms. The second-order valence-corrected chi connectivity index (χ2v) is 3.44. The summed E-state index contributed by atoms with van der Waals surface area (Å²) >= 11 is 0. The van der Waals surface area contributed by atoms with Crippen molar-refractivity contribution >= 4 is 6.03 Å². The molecule has 0 radical (unpaired) electrons. The Bertz CT molecular complexity index is 191. The zero-order valence-electron chi connectivity index (χ0n) is 7.32. The zero-order chi connectivity index (χ0) is 8.70. The number of hydrogen-bond acceptors (Lipinski definition) is 2. The third kappa shape index (κ3) is 1.07. The fourth-order valence-corrected chi connectivity index (χ4v) is 1.11. The van der Waals surface area contributed by atoms with E-state index in [0.29, 0.717) is 0 Å². The number of hydrogen-bond donors (Lipinski definition) is 2. The Hall–Kier alpha value is -0.770. The van der Waals surface area contributed by atoms with E-state index in [0.717, 1.165) is 0 Å². The standard InChI is InChI=1S/C7H14N2O2/c1-6(2)7(3,11-4)9-5(10)8-6/h1-4H3,(H2,8,9,10). The molecule has 0 aromatic carbocycles. The Labute approximate surface area is 66.3 Å². The highest BCUT2D eigenvalue weighted by molar-refractivity contribution is 5.78. The third-order valence-corrected chi connectivity index (χ3v) is 2.38. The first-order valence-corrected chi connectivity index (χ1v) is 3.57. The first kappa shape index (κ1) is 8.33. The Kier molecular flexibility index (Phi) is 1.59. The van der Waals surface area contributed by atoms with Crippen molar-refractivity contribution in [2.24, 2.45) is 0 Å². The van der Waals surface area contributed by atoms with Gasteiger partial charge in [-0.05, 0) is 20.8 Å². The average molecular weight is 158 g/mol. The van der Waals surface area contributed by atoms with Gasteiger partial charge in [-0.1, -0.05) is 0 Å². The molecule has 0 aromatic rings. The molecule has 1 fully saturated rings. The van der Waals surface area contributed by atoms with Crippen LogP contribution in [0.3, 0.4) is 0 Å². The fraction of sp³-hybridized carbons (Fsp3) is 0.857. The molecule has 2 N–H and O–H groups in total. The largest absolute Gasteiger partial charge is 0.357 e. The molecule has 1 rings (SSSR count). The molecular weight excluding hydrogens is 144 g/mol. The third-order valence-electron chi connectivity index (χ3n) is 2.38. The van der Waals surface area contributed by atoms with Crippen molar-refractivity contribution in [3.63, 3.8) is 0 Å². The van der Waals surface area contributed by atoms with Gasteiger partial charge in [0.25, 0.3) is 0 Å². The van der Waals surface area contributed by atoms with Crippen molar-refractivity contribution < 1.29 is 9.53 Å². The molecule has 1 unspecified atom stereocenters. The molecule has 1 heterocycles. The maximum Gasteiger partial charge on any atom is 0.317 e. The lowest BCUT2D eigenvalue weighted by atomic mass is 9.94. The van der Waals surface area contributed by atoms with E-state index in [9.17, 15) is 4.79 Å². The van der Waals surface area contributed by atoms with Gasteiger partial charge in [0.2, 0.25) is 0 Å². The van der Waals surface area contributed by atoms with Gasteiger partial charge in [-0.2, -0.15) is 0 Å². The van der Waals surface area contributed by atoms with E-state index in [2.05, 4.69) is 10.6 Å². The molecule has 1 aliphatic rings. The van der Waals surface area contributed by atoms with Crippen LogP contribution in [0.25, 0.3) is 0 Å². The lowest BCUT2D eigenvalue weighted by Gasteiger charge is -2.34. The quantitative estimate of drug-likeness (QED) is 0.581. The van der Waals surface area contributed by atoms with E-state index in [4.69, 9.17) is 4.74 Å². The molecule has 0 aromatic heterocycles. The van der Waals surface area contributed by atoms with E-state index in [1.807, 2.05) is 20.8 Å². The van der Waals surface area contributed by atoms with Crippen molar-refractivity contribution in [2.75, 3.05) is 7.11 Å². The number of ether oxygens (including phenoxy) is 1. The Morgan fingerprint density at radius 3 is 2.00 bits per heavy atom. The molecular formula is C7H14N2O2. The van der Waals surface area contributed by atoms with Gasteiger partial charge in [-0.15, -0.1) is 0 Å². The summed E-state index contributed by atoms with van der Waals surface area (Å²) in [5.41, 5.74) is -0.969. The molecule has 11 heavy (non-hydrogen) atoms. The van der Waals surface area contributed by atoms with E-state index in [1.54, 1.807) is 7.11 Å². The van der Waals surface area contributed by atoms with Gasteiger partial charge >= 0.3 is 6.03 Å². The highest BCUT2D eigenvalue weighted by atomic mass is 16.5. The lowest BCUT2D eigenvalue weighted by Crippen LogP contribution is -2.55. The smallest absolute Gasteiger partial charge is 0.317 e. The van der Waals surface area contributed by atoms with Crippen LogP contribution in [0.5, 0.6) is 0 Å². The van der Waals surface area contributed by atoms with Gasteiger partial charge in [0.15, 0.2) is 5.72 Å². The lowest BCUT2D eigenvalue weighted by molar-refractivity contribution is -0.0490. The van der Waals surface area contributed by atoms with Crippen LogP contribution in [0.15, 0.2) is 0 Å². The van der Waals surface area contributed by atoms with Crippen LogP contribution >= 0.6 is 0 Å². The van der Waals surface area contributed by atoms with Crippen LogP contribution in [0.4, 0.5) is 4.79 Å². The van der Waals surface area contributed by atoms with Crippen molar-refractivity contribution in [1.29, 1.82) is 0 Å². The van der Waals surface area contributed by atoms with Gasteiger partial charge in [0.1, 0.15) is 0 Å². The summed E-state index contributed by atoms with van der Waals surface area (Å²) in [5, 5.41) is 5.46. The van der Waals surface area contributed by atoms with Crippen LogP contribution < -0.4 is 10.6 Å². The number of carbonyl (C=O) groups excluding carboxylic acids is 1. The highest BCUT2D eigenvalue weighted by Gasteiger charge is 2.49. The van der Waals surface area contributed by atoms with E-state index >= 15 is 0 Å². The van der Waals surface area contributed by atoms with Crippen molar-refractivity contribution in [2.45, 2.75) is 32.0 Å². The monoisotopic (exact) mass is 158 g/mol. The predicted octanol–water partition coefficient (Wildman–Crippen LogP) is 0.440. The minimum Gasteiger partial charge on any atom is -0.357 e. The fourth-order valence-electron chi connectivity index (χ4n) is 1.11. The number of carbonyl (C=O) groups is 1. The van der Waals surface area contributed by atoms with Crippen LogP contribution in [-0.4, -0.2) is 24.4 Å². The minimum atomic E-state index is -0.607. The summed E-state index contributed by atoms with van der Waals surface area (Å²) in [4.78, 5) is 10.9. The maximum absolute atomic E-state index is 10.9. The van der Waals surface area contributed by atoms with Crippen LogP contribution in [0.1, 0.15) is 20.8 Å². The van der Waals surface area contributed by atoms with Gasteiger partial charge < -0.3 is 15.4 Å². The van der Waals surface area contributed by atoms with Crippen molar-refractivity contribution in [3.8, 4) is 0 Å². The normalized spacial score (nSPS) is 34.7. The van der Waals surface area contributed by atoms with Gasteiger partial charge in [-0.3, -0.25) is 0 Å². The topological polar surface area (TPSA) is 50.4 Å². The number of methoxy groups -OCH3 is 1. The minimum absolute atomic E-state index is 0.181. The molecule has 64 valence electrons. The van der Waals surface area contributed by atoms with Crippen LogP contribution in [0.2, 0.25) is 0 Å². The summed E-state index contributed by atoms with van der Waals surface area (Å²) < 4.78 is 5.19. The number of rotatable bonds is 1. The molecule has 1 atom stereocenters. The van der Waals surface area contributed by atoms with Gasteiger partial charge in [0.05, 0.1) is 5.54 Å². The van der Waals surface area contributed by atoms with Gasteiger partial charge in [0, 0.05) is 7.11 Å². The van der Waals surface area contributed by atoms with E-state index < -0.39 is 5.72 Å². The number of urea groups is 1. The Balaban J connectivity index is 2.89. The van der Waals surface area contributed by atoms with Crippen LogP contribution in [-0.2, 0) is 4.74 Å². The maximum atomic E-state index is 10.9. The zero-order valence-corrected chi connectivity index (χ0v) is 7.32. The SMILES string of the molecule is COC1(C)NC(=O)NC1(C)C. The summed E-state index contributed by atoms with van der Waals surface area (Å²) in [6.45, 7) is 5.66. The molecule has 2 amide bonds. The Morgan fingerprint density at radius 2 is 1.82 bits per heavy atom. The molecule has 0 spiro atoms. The highest BCUT2D eigenvalue weighted by Crippen LogP contribution is 2.26.